The Labute approximate surface area is 193 Å². The molecule has 2 aromatic carbocycles. The third kappa shape index (κ3) is 4.82. The number of esters is 1. The van der Waals surface area contributed by atoms with E-state index < -0.39 is 28.6 Å². The van der Waals surface area contributed by atoms with Gasteiger partial charge in [0.25, 0.3) is 16.6 Å². The van der Waals surface area contributed by atoms with Crippen LogP contribution in [0.4, 0.5) is 21.5 Å². The maximum absolute atomic E-state index is 13.5. The van der Waals surface area contributed by atoms with Crippen LogP contribution in [-0.4, -0.2) is 43.7 Å². The lowest BCUT2D eigenvalue weighted by molar-refractivity contribution is 0.0590. The van der Waals surface area contributed by atoms with Crippen LogP contribution in [0, 0.1) is 5.82 Å². The standard InChI is InChI=1S/C11H9ClFN3O2.C8H6N4O4/c12-15-4-5-1-2-6(13)7(3-5)16-9-8(14)10(17)11(9)18;1-16-7(15)5-2-4(6(13)14)11-8-9-3-10-12(5)8/h1-3,15-16H,4,14H2;2-3H,1H3,(H,13,14). The van der Waals surface area contributed by atoms with E-state index in [0.717, 1.165) is 10.6 Å². The normalized spacial score (nSPS) is 10.6. The van der Waals surface area contributed by atoms with Gasteiger partial charge in [0.1, 0.15) is 23.5 Å². The molecule has 0 aliphatic carbocycles. The summed E-state index contributed by atoms with van der Waals surface area (Å²) in [5, 5.41) is 15.0. The molecule has 34 heavy (non-hydrogen) atoms. The maximum atomic E-state index is 13.5. The van der Waals surface area contributed by atoms with Gasteiger partial charge in [0.2, 0.25) is 0 Å². The van der Waals surface area contributed by atoms with Crippen LogP contribution in [0.1, 0.15) is 26.5 Å². The van der Waals surface area contributed by atoms with E-state index in [2.05, 4.69) is 30.0 Å². The van der Waals surface area contributed by atoms with E-state index in [-0.39, 0.29) is 34.2 Å². The van der Waals surface area contributed by atoms with Crippen LogP contribution in [0.3, 0.4) is 0 Å². The van der Waals surface area contributed by atoms with Gasteiger partial charge in [0, 0.05) is 12.6 Å². The van der Waals surface area contributed by atoms with E-state index in [1.54, 1.807) is 6.07 Å². The summed E-state index contributed by atoms with van der Waals surface area (Å²) < 4.78 is 19.1. The van der Waals surface area contributed by atoms with E-state index >= 15 is 0 Å². The summed E-state index contributed by atoms with van der Waals surface area (Å²) in [7, 11) is 1.19. The Morgan fingerprint density at radius 3 is 2.62 bits per heavy atom. The number of hydrogen-bond acceptors (Lipinski definition) is 11. The molecule has 0 fully saturated rings. The SMILES string of the molecule is COC(=O)c1cc(C(=O)O)nc2ncnn12.Nc1c(Nc2cc(CNCl)ccc2F)c(=O)c1=O. The first-order valence-corrected chi connectivity index (χ1v) is 9.55. The minimum absolute atomic E-state index is 0.0281. The highest BCUT2D eigenvalue weighted by atomic mass is 35.5. The lowest BCUT2D eigenvalue weighted by atomic mass is 10.1. The minimum atomic E-state index is -1.25. The lowest BCUT2D eigenvalue weighted by Gasteiger charge is -2.11. The van der Waals surface area contributed by atoms with Crippen molar-refractivity contribution in [1.82, 2.24) is 24.4 Å². The van der Waals surface area contributed by atoms with Crippen LogP contribution in [0.15, 0.2) is 40.2 Å². The number of carbonyl (C=O) groups excluding carboxylic acids is 1. The smallest absolute Gasteiger partial charge is 0.356 e. The van der Waals surface area contributed by atoms with Gasteiger partial charge in [-0.2, -0.15) is 14.6 Å². The van der Waals surface area contributed by atoms with Crippen molar-refractivity contribution < 1.29 is 23.8 Å². The molecule has 5 N–H and O–H groups in total. The maximum Gasteiger partial charge on any atom is 0.356 e. The number of nitrogens with zero attached hydrogens (tertiary/aromatic N) is 4. The number of hydrogen-bond donors (Lipinski definition) is 4. The third-order valence-corrected chi connectivity index (χ3v) is 4.51. The first kappa shape index (κ1) is 24.2. The number of halogens is 2. The average molecular weight is 492 g/mol. The predicted octanol–water partition coefficient (Wildman–Crippen LogP) is 0.600. The molecule has 0 spiro atoms. The number of rotatable bonds is 6. The van der Waals surface area contributed by atoms with Crippen LogP contribution >= 0.6 is 11.8 Å². The number of nitrogen functional groups attached to an aromatic ring is 1. The number of aromatic carboxylic acids is 1. The summed E-state index contributed by atoms with van der Waals surface area (Å²) in [6.07, 6.45) is 1.17. The molecule has 0 unspecified atom stereocenters. The van der Waals surface area contributed by atoms with Gasteiger partial charge in [-0.25, -0.2) is 23.8 Å². The van der Waals surface area contributed by atoms with Crippen molar-refractivity contribution in [2.75, 3.05) is 18.2 Å². The molecule has 0 radical (unpaired) electrons. The highest BCUT2D eigenvalue weighted by Gasteiger charge is 2.19. The van der Waals surface area contributed by atoms with Gasteiger partial charge < -0.3 is 20.9 Å². The Morgan fingerprint density at radius 1 is 1.26 bits per heavy atom. The molecule has 176 valence electrons. The largest absolute Gasteiger partial charge is 0.477 e. The Hall–Kier alpha value is -4.43. The number of methoxy groups -OCH3 is 1. The molecule has 0 aliphatic heterocycles. The lowest BCUT2D eigenvalue weighted by Crippen LogP contribution is -2.36. The van der Waals surface area contributed by atoms with Crippen molar-refractivity contribution in [3.8, 4) is 0 Å². The van der Waals surface area contributed by atoms with Crippen molar-refractivity contribution in [2.24, 2.45) is 0 Å². The molecule has 0 amide bonds. The van der Waals surface area contributed by atoms with Gasteiger partial charge in [0.05, 0.1) is 12.8 Å². The number of carboxylic acids is 1. The molecular weight excluding hydrogens is 477 g/mol. The number of ether oxygens (including phenoxy) is 1. The number of nitrogens with one attached hydrogen (secondary N) is 2. The molecule has 2 heterocycles. The van der Waals surface area contributed by atoms with Crippen molar-refractivity contribution in [3.63, 3.8) is 0 Å². The highest BCUT2D eigenvalue weighted by molar-refractivity contribution is 6.13. The van der Waals surface area contributed by atoms with Crippen LogP contribution in [0.2, 0.25) is 0 Å². The second-order valence-corrected chi connectivity index (χ2v) is 6.76. The van der Waals surface area contributed by atoms with Gasteiger partial charge in [-0.1, -0.05) is 6.07 Å². The Balaban J connectivity index is 0.000000192. The van der Waals surface area contributed by atoms with E-state index in [1.807, 2.05) is 0 Å². The summed E-state index contributed by atoms with van der Waals surface area (Å²) in [6, 6.07) is 5.33. The number of nitrogens with two attached hydrogens (primary N) is 1. The van der Waals surface area contributed by atoms with Gasteiger partial charge in [-0.3, -0.25) is 9.59 Å². The number of carbonyl (C=O) groups is 2. The molecule has 0 saturated carbocycles. The minimum Gasteiger partial charge on any atom is -0.477 e. The number of carboxylic acid groups (broad SMARTS) is 1. The van der Waals surface area contributed by atoms with E-state index in [4.69, 9.17) is 22.6 Å². The summed E-state index contributed by atoms with van der Waals surface area (Å²) in [5.74, 6) is -2.49. The third-order valence-electron chi connectivity index (χ3n) is 4.37. The molecule has 13 nitrogen and oxygen atoms in total. The fourth-order valence-corrected chi connectivity index (χ4v) is 2.85. The quantitative estimate of drug-likeness (QED) is 0.167. The predicted molar refractivity (Wildman–Crippen MR) is 117 cm³/mol. The molecule has 0 atom stereocenters. The number of anilines is 3. The Bertz CT molecular complexity index is 1460. The monoisotopic (exact) mass is 491 g/mol. The number of benzene rings is 1. The van der Waals surface area contributed by atoms with Gasteiger partial charge >= 0.3 is 11.9 Å². The second kappa shape index (κ2) is 10.0. The van der Waals surface area contributed by atoms with Crippen LogP contribution in [0.5, 0.6) is 0 Å². The number of aromatic nitrogens is 4. The fraction of sp³-hybridized carbons (Fsp3) is 0.105. The van der Waals surface area contributed by atoms with E-state index in [9.17, 15) is 23.6 Å². The Kier molecular flexibility index (Phi) is 7.13. The molecular formula is C19H15ClFN7O6. The van der Waals surface area contributed by atoms with Crippen molar-refractivity contribution in [2.45, 2.75) is 6.54 Å². The van der Waals surface area contributed by atoms with Crippen LogP contribution in [-0.2, 0) is 11.3 Å². The van der Waals surface area contributed by atoms with Gasteiger partial charge in [-0.05, 0) is 29.5 Å². The second-order valence-electron chi connectivity index (χ2n) is 6.49. The van der Waals surface area contributed by atoms with Crippen molar-refractivity contribution in [3.05, 3.63) is 73.8 Å². The zero-order chi connectivity index (χ0) is 25.0. The molecule has 0 bridgehead atoms. The first-order valence-electron chi connectivity index (χ1n) is 9.18. The fourth-order valence-electron chi connectivity index (χ4n) is 2.70. The molecule has 2 aromatic heterocycles. The molecule has 4 rings (SSSR count). The summed E-state index contributed by atoms with van der Waals surface area (Å²) in [6.45, 7) is 0.331. The van der Waals surface area contributed by atoms with Gasteiger partial charge in [0.15, 0.2) is 11.4 Å². The Morgan fingerprint density at radius 2 is 2.00 bits per heavy atom. The van der Waals surface area contributed by atoms with Crippen molar-refractivity contribution in [1.29, 1.82) is 0 Å². The summed E-state index contributed by atoms with van der Waals surface area (Å²) in [4.78, 5) is 54.0. The number of fused-ring (bicyclic) bond motifs is 1. The van der Waals surface area contributed by atoms with Gasteiger partial charge in [-0.15, -0.1) is 0 Å². The van der Waals surface area contributed by atoms with E-state index in [1.165, 1.54) is 25.6 Å². The molecule has 0 saturated heterocycles. The summed E-state index contributed by atoms with van der Waals surface area (Å²) in [5.41, 5.74) is 4.04. The van der Waals surface area contributed by atoms with Crippen LogP contribution < -0.4 is 26.7 Å². The zero-order valence-corrected chi connectivity index (χ0v) is 18.0. The summed E-state index contributed by atoms with van der Waals surface area (Å²) >= 11 is 5.35. The van der Waals surface area contributed by atoms with E-state index in [0.29, 0.717) is 12.1 Å². The first-order chi connectivity index (χ1) is 16.2. The van der Waals surface area contributed by atoms with Crippen molar-refractivity contribution >= 4 is 46.6 Å². The zero-order valence-electron chi connectivity index (χ0n) is 17.2. The highest BCUT2D eigenvalue weighted by Crippen LogP contribution is 2.22. The average Bonchev–Trinajstić information content (AvgIpc) is 3.31. The van der Waals surface area contributed by atoms with Crippen LogP contribution in [0.25, 0.3) is 5.78 Å². The molecule has 15 heteroatoms. The molecule has 0 aliphatic rings. The topological polar surface area (TPSA) is 191 Å². The molecule has 4 aromatic rings.